The van der Waals surface area contributed by atoms with Crippen LogP contribution in [-0.4, -0.2) is 14.4 Å². The van der Waals surface area contributed by atoms with Gasteiger partial charge in [-0.05, 0) is 32.0 Å². The minimum atomic E-state index is 0.738. The Kier molecular flexibility index (Phi) is 2.18. The van der Waals surface area contributed by atoms with Crippen LogP contribution in [0.2, 0.25) is 0 Å². The van der Waals surface area contributed by atoms with Gasteiger partial charge in [-0.3, -0.25) is 4.40 Å². The van der Waals surface area contributed by atoms with Gasteiger partial charge in [-0.1, -0.05) is 17.2 Å². The molecule has 0 radical (unpaired) electrons. The van der Waals surface area contributed by atoms with E-state index in [-0.39, 0.29) is 0 Å². The van der Waals surface area contributed by atoms with Gasteiger partial charge >= 0.3 is 0 Å². The summed E-state index contributed by atoms with van der Waals surface area (Å²) < 4.78 is 1.94. The van der Waals surface area contributed by atoms with Gasteiger partial charge in [0.25, 0.3) is 0 Å². The number of fused-ring (bicyclic) bond motifs is 1. The van der Waals surface area contributed by atoms with Crippen LogP contribution in [0.3, 0.4) is 0 Å². The highest BCUT2D eigenvalue weighted by Crippen LogP contribution is 2.21. The summed E-state index contributed by atoms with van der Waals surface area (Å²) in [5, 5.41) is 0. The molecule has 0 N–H and O–H groups in total. The van der Waals surface area contributed by atoms with Crippen LogP contribution in [0.5, 0.6) is 0 Å². The lowest BCUT2D eigenvalue weighted by Crippen LogP contribution is -1.83. The van der Waals surface area contributed by atoms with E-state index in [1.807, 2.05) is 22.9 Å². The Morgan fingerprint density at radius 1 is 1.06 bits per heavy atom. The van der Waals surface area contributed by atoms with E-state index in [4.69, 9.17) is 0 Å². The normalized spacial score (nSPS) is 10.9. The summed E-state index contributed by atoms with van der Waals surface area (Å²) in [4.78, 5) is 8.74. The predicted molar refractivity (Wildman–Crippen MR) is 67.9 cm³/mol. The van der Waals surface area contributed by atoms with Crippen LogP contribution >= 0.6 is 0 Å². The topological polar surface area (TPSA) is 30.2 Å². The summed E-state index contributed by atoms with van der Waals surface area (Å²) in [6, 6.07) is 8.36. The SMILES string of the molecule is Cc1cc(C)cc(-c2cn3cccnc3n2)c1. The van der Waals surface area contributed by atoms with Crippen LogP contribution in [0.25, 0.3) is 17.0 Å². The van der Waals surface area contributed by atoms with Gasteiger partial charge in [0.1, 0.15) is 0 Å². The molecule has 0 saturated carbocycles. The Bertz CT molecular complexity index is 630. The number of imidazole rings is 1. The monoisotopic (exact) mass is 223 g/mol. The maximum Gasteiger partial charge on any atom is 0.234 e. The minimum absolute atomic E-state index is 0.738. The summed E-state index contributed by atoms with van der Waals surface area (Å²) in [6.45, 7) is 4.20. The molecule has 0 amide bonds. The van der Waals surface area contributed by atoms with Crippen LogP contribution in [0, 0.1) is 13.8 Å². The minimum Gasteiger partial charge on any atom is -0.291 e. The average Bonchev–Trinajstić information content (AvgIpc) is 2.71. The summed E-state index contributed by atoms with van der Waals surface area (Å²) in [7, 11) is 0. The molecule has 84 valence electrons. The molecule has 2 heterocycles. The van der Waals surface area contributed by atoms with Crippen molar-refractivity contribution in [2.45, 2.75) is 13.8 Å². The van der Waals surface area contributed by atoms with Crippen molar-refractivity contribution in [2.24, 2.45) is 0 Å². The molecule has 0 spiro atoms. The van der Waals surface area contributed by atoms with Gasteiger partial charge in [0.15, 0.2) is 0 Å². The number of rotatable bonds is 1. The second-order valence-corrected chi connectivity index (χ2v) is 4.33. The first-order chi connectivity index (χ1) is 8.22. The molecule has 0 bridgehead atoms. The highest BCUT2D eigenvalue weighted by atomic mass is 15.1. The van der Waals surface area contributed by atoms with E-state index < -0.39 is 0 Å². The lowest BCUT2D eigenvalue weighted by molar-refractivity contribution is 1.11. The maximum absolute atomic E-state index is 4.52. The Balaban J connectivity index is 2.20. The van der Waals surface area contributed by atoms with Gasteiger partial charge < -0.3 is 0 Å². The molecule has 3 rings (SSSR count). The van der Waals surface area contributed by atoms with E-state index >= 15 is 0 Å². The van der Waals surface area contributed by atoms with Crippen molar-refractivity contribution in [1.82, 2.24) is 14.4 Å². The first-order valence-electron chi connectivity index (χ1n) is 5.61. The molecule has 2 aromatic heterocycles. The molecule has 0 fully saturated rings. The number of hydrogen-bond donors (Lipinski definition) is 0. The molecule has 0 aliphatic carbocycles. The Morgan fingerprint density at radius 2 is 1.82 bits per heavy atom. The number of nitrogens with zero attached hydrogens (tertiary/aromatic N) is 3. The van der Waals surface area contributed by atoms with Crippen molar-refractivity contribution in [2.75, 3.05) is 0 Å². The smallest absolute Gasteiger partial charge is 0.234 e. The second kappa shape index (κ2) is 3.70. The molecular formula is C14H13N3. The van der Waals surface area contributed by atoms with Crippen LogP contribution in [-0.2, 0) is 0 Å². The third-order valence-corrected chi connectivity index (χ3v) is 2.75. The lowest BCUT2D eigenvalue weighted by Gasteiger charge is -2.01. The van der Waals surface area contributed by atoms with E-state index in [0.29, 0.717) is 0 Å². The zero-order valence-corrected chi connectivity index (χ0v) is 9.88. The van der Waals surface area contributed by atoms with E-state index in [9.17, 15) is 0 Å². The third-order valence-electron chi connectivity index (χ3n) is 2.75. The zero-order chi connectivity index (χ0) is 11.8. The number of aromatic nitrogens is 3. The highest BCUT2D eigenvalue weighted by molar-refractivity contribution is 5.63. The van der Waals surface area contributed by atoms with Crippen molar-refractivity contribution < 1.29 is 0 Å². The fourth-order valence-electron chi connectivity index (χ4n) is 2.09. The standard InChI is InChI=1S/C14H13N3/c1-10-6-11(2)8-12(7-10)13-9-17-5-3-4-15-14(17)16-13/h3-9H,1-2H3. The molecule has 0 aliphatic rings. The van der Waals surface area contributed by atoms with Crippen LogP contribution in [0.1, 0.15) is 11.1 Å². The molecule has 1 aromatic carbocycles. The Morgan fingerprint density at radius 3 is 2.53 bits per heavy atom. The predicted octanol–water partition coefficient (Wildman–Crippen LogP) is 3.01. The van der Waals surface area contributed by atoms with Crippen LogP contribution in [0.15, 0.2) is 42.9 Å². The van der Waals surface area contributed by atoms with Crippen molar-refractivity contribution in [3.05, 3.63) is 54.0 Å². The van der Waals surface area contributed by atoms with Gasteiger partial charge in [-0.25, -0.2) is 9.97 Å². The fourth-order valence-corrected chi connectivity index (χ4v) is 2.09. The summed E-state index contributed by atoms with van der Waals surface area (Å²) in [5.74, 6) is 0.738. The lowest BCUT2D eigenvalue weighted by atomic mass is 10.1. The molecule has 0 aliphatic heterocycles. The fraction of sp³-hybridized carbons (Fsp3) is 0.143. The first kappa shape index (κ1) is 10.0. The quantitative estimate of drug-likeness (QED) is 0.634. The van der Waals surface area contributed by atoms with E-state index in [2.05, 4.69) is 42.0 Å². The molecule has 0 saturated heterocycles. The van der Waals surface area contributed by atoms with Gasteiger partial charge in [-0.15, -0.1) is 0 Å². The molecule has 0 atom stereocenters. The first-order valence-corrected chi connectivity index (χ1v) is 5.61. The van der Waals surface area contributed by atoms with E-state index in [0.717, 1.165) is 17.0 Å². The number of hydrogen-bond acceptors (Lipinski definition) is 2. The Hall–Kier alpha value is -2.16. The number of benzene rings is 1. The summed E-state index contributed by atoms with van der Waals surface area (Å²) in [6.07, 6.45) is 5.73. The summed E-state index contributed by atoms with van der Waals surface area (Å²) >= 11 is 0. The molecule has 3 aromatic rings. The second-order valence-electron chi connectivity index (χ2n) is 4.33. The molecule has 17 heavy (non-hydrogen) atoms. The van der Waals surface area contributed by atoms with Crippen molar-refractivity contribution >= 4 is 5.78 Å². The third kappa shape index (κ3) is 1.80. The van der Waals surface area contributed by atoms with E-state index in [1.165, 1.54) is 11.1 Å². The molecule has 3 heteroatoms. The largest absolute Gasteiger partial charge is 0.291 e. The van der Waals surface area contributed by atoms with Crippen molar-refractivity contribution in [3.63, 3.8) is 0 Å². The van der Waals surface area contributed by atoms with Gasteiger partial charge in [0, 0.05) is 24.2 Å². The highest BCUT2D eigenvalue weighted by Gasteiger charge is 2.05. The Labute approximate surface area is 99.8 Å². The van der Waals surface area contributed by atoms with Gasteiger partial charge in [0.2, 0.25) is 5.78 Å². The van der Waals surface area contributed by atoms with Crippen LogP contribution in [0.4, 0.5) is 0 Å². The average molecular weight is 223 g/mol. The molecule has 0 unspecified atom stereocenters. The number of aryl methyl sites for hydroxylation is 2. The van der Waals surface area contributed by atoms with E-state index in [1.54, 1.807) is 6.20 Å². The van der Waals surface area contributed by atoms with Crippen LogP contribution < -0.4 is 0 Å². The summed E-state index contributed by atoms with van der Waals surface area (Å²) in [5.41, 5.74) is 4.62. The van der Waals surface area contributed by atoms with Crippen molar-refractivity contribution in [1.29, 1.82) is 0 Å². The maximum atomic E-state index is 4.52. The van der Waals surface area contributed by atoms with Gasteiger partial charge in [0.05, 0.1) is 5.69 Å². The zero-order valence-electron chi connectivity index (χ0n) is 9.88. The van der Waals surface area contributed by atoms with Crippen molar-refractivity contribution in [3.8, 4) is 11.3 Å². The molecular weight excluding hydrogens is 210 g/mol. The molecule has 3 nitrogen and oxygen atoms in total. The van der Waals surface area contributed by atoms with Gasteiger partial charge in [-0.2, -0.15) is 0 Å².